The first kappa shape index (κ1) is 26.9. The van der Waals surface area contributed by atoms with Gasteiger partial charge in [0.05, 0.1) is 43.0 Å². The first-order valence-corrected chi connectivity index (χ1v) is 13.8. The first-order chi connectivity index (χ1) is 18.7. The third-order valence-electron chi connectivity index (χ3n) is 7.88. The van der Waals surface area contributed by atoms with Gasteiger partial charge in [0, 0.05) is 6.54 Å². The monoisotopic (exact) mass is 533 g/mol. The van der Waals surface area contributed by atoms with Gasteiger partial charge < -0.3 is 30.2 Å². The van der Waals surface area contributed by atoms with Gasteiger partial charge in [-0.25, -0.2) is 14.8 Å². The second-order valence-electron chi connectivity index (χ2n) is 11.4. The van der Waals surface area contributed by atoms with Gasteiger partial charge in [0.1, 0.15) is 17.7 Å². The van der Waals surface area contributed by atoms with E-state index in [2.05, 4.69) is 68.7 Å². The lowest BCUT2D eigenvalue weighted by Gasteiger charge is -2.30. The quantitative estimate of drug-likeness (QED) is 0.356. The van der Waals surface area contributed by atoms with Crippen LogP contribution in [-0.4, -0.2) is 63.1 Å². The van der Waals surface area contributed by atoms with E-state index in [0.29, 0.717) is 18.4 Å². The summed E-state index contributed by atoms with van der Waals surface area (Å²) < 4.78 is 4.75. The highest BCUT2D eigenvalue weighted by Crippen LogP contribution is 2.36. The molecule has 208 valence electrons. The zero-order valence-electron chi connectivity index (χ0n) is 23.3. The molecule has 4 N–H and O–H groups in total. The molecule has 2 fully saturated rings. The average Bonchev–Trinajstić information content (AvgIpc) is 3.73. The van der Waals surface area contributed by atoms with E-state index in [4.69, 9.17) is 4.74 Å². The number of methoxy groups -OCH3 is 1. The van der Waals surface area contributed by atoms with Crippen LogP contribution in [0.5, 0.6) is 0 Å². The molecule has 0 saturated carbocycles. The number of amides is 2. The van der Waals surface area contributed by atoms with Crippen molar-refractivity contribution in [1.82, 2.24) is 35.5 Å². The van der Waals surface area contributed by atoms with Crippen LogP contribution in [0.25, 0.3) is 22.5 Å². The van der Waals surface area contributed by atoms with Crippen molar-refractivity contribution in [3.63, 3.8) is 0 Å². The number of H-pyrrole nitrogens is 2. The Balaban J connectivity index is 1.30. The molecule has 2 saturated heterocycles. The standard InChI is InChI=1S/C29H39N7O3/c1-16(2)25(35-29(38)39-5)28(37)36-15-18(4)11-24(36)27-32-14-23(34-27)20-8-6-19(7-9-20)22-13-31-26(33-22)21-10-17(3)12-30-21/h6-9,13-14,16-18,21,24-25,30H,10-12,15H2,1-5H3,(H,31,33)(H,32,34)(H,35,38)/t17-,18-,21-,24-,25-/m0/s1. The lowest BCUT2D eigenvalue weighted by atomic mass is 10.0. The van der Waals surface area contributed by atoms with Crippen molar-refractivity contribution >= 4 is 12.0 Å². The fourth-order valence-electron chi connectivity index (χ4n) is 5.69. The van der Waals surface area contributed by atoms with Crippen molar-refractivity contribution < 1.29 is 14.3 Å². The van der Waals surface area contributed by atoms with Gasteiger partial charge in [-0.1, -0.05) is 52.0 Å². The van der Waals surface area contributed by atoms with Gasteiger partial charge in [-0.05, 0) is 48.3 Å². The second kappa shape index (κ2) is 11.2. The number of carbonyl (C=O) groups excluding carboxylic acids is 2. The van der Waals surface area contributed by atoms with Crippen LogP contribution < -0.4 is 10.6 Å². The Bertz CT molecular complexity index is 1300. The second-order valence-corrected chi connectivity index (χ2v) is 11.4. The number of carbonyl (C=O) groups is 2. The summed E-state index contributed by atoms with van der Waals surface area (Å²) in [4.78, 5) is 43.5. The van der Waals surface area contributed by atoms with E-state index in [9.17, 15) is 9.59 Å². The minimum atomic E-state index is -0.664. The van der Waals surface area contributed by atoms with E-state index >= 15 is 0 Å². The number of hydrogen-bond donors (Lipinski definition) is 4. The summed E-state index contributed by atoms with van der Waals surface area (Å²) in [5.41, 5.74) is 3.98. The summed E-state index contributed by atoms with van der Waals surface area (Å²) in [7, 11) is 1.30. The van der Waals surface area contributed by atoms with Crippen molar-refractivity contribution in [1.29, 1.82) is 0 Å². The van der Waals surface area contributed by atoms with Crippen molar-refractivity contribution in [2.24, 2.45) is 17.8 Å². The highest BCUT2D eigenvalue weighted by Gasteiger charge is 2.40. The average molecular weight is 534 g/mol. The molecule has 0 spiro atoms. The summed E-state index contributed by atoms with van der Waals surface area (Å²) in [6, 6.07) is 7.73. The molecule has 10 nitrogen and oxygen atoms in total. The number of likely N-dealkylation sites (tertiary alicyclic amines) is 1. The lowest BCUT2D eigenvalue weighted by molar-refractivity contribution is -0.135. The first-order valence-electron chi connectivity index (χ1n) is 13.8. The van der Waals surface area contributed by atoms with Crippen LogP contribution in [-0.2, 0) is 9.53 Å². The van der Waals surface area contributed by atoms with E-state index in [1.54, 1.807) is 0 Å². The van der Waals surface area contributed by atoms with Crippen molar-refractivity contribution in [3.05, 3.63) is 48.3 Å². The van der Waals surface area contributed by atoms with Crippen LogP contribution in [0.4, 0.5) is 4.79 Å². The minimum absolute atomic E-state index is 0.0808. The molecule has 4 heterocycles. The number of imidazole rings is 2. The zero-order valence-corrected chi connectivity index (χ0v) is 23.3. The normalized spacial score (nSPS) is 23.8. The third kappa shape index (κ3) is 5.71. The Kier molecular flexibility index (Phi) is 7.74. The third-order valence-corrected chi connectivity index (χ3v) is 7.88. The molecule has 5 rings (SSSR count). The number of hydrogen-bond acceptors (Lipinski definition) is 6. The molecule has 10 heteroatoms. The maximum atomic E-state index is 13.5. The van der Waals surface area contributed by atoms with Gasteiger partial charge in [-0.2, -0.15) is 0 Å². The molecule has 0 aliphatic carbocycles. The predicted molar refractivity (Wildman–Crippen MR) is 149 cm³/mol. The molecule has 2 aliphatic heterocycles. The minimum Gasteiger partial charge on any atom is -0.453 e. The van der Waals surface area contributed by atoms with E-state index in [1.807, 2.05) is 31.1 Å². The number of aromatic nitrogens is 4. The molecule has 3 aromatic rings. The van der Waals surface area contributed by atoms with Crippen LogP contribution in [0, 0.1) is 17.8 Å². The summed E-state index contributed by atoms with van der Waals surface area (Å²) in [6.45, 7) is 9.85. The summed E-state index contributed by atoms with van der Waals surface area (Å²) in [5.74, 6) is 2.52. The van der Waals surface area contributed by atoms with Crippen LogP contribution >= 0.6 is 0 Å². The summed E-state index contributed by atoms with van der Waals surface area (Å²) in [6.07, 6.45) is 5.01. The number of nitrogens with zero attached hydrogens (tertiary/aromatic N) is 3. The Labute approximate surface area is 229 Å². The fraction of sp³-hybridized carbons (Fsp3) is 0.517. The number of ether oxygens (including phenoxy) is 1. The molecular formula is C29H39N7O3. The van der Waals surface area contributed by atoms with Crippen LogP contribution in [0.3, 0.4) is 0 Å². The van der Waals surface area contributed by atoms with Gasteiger partial charge in [-0.15, -0.1) is 0 Å². The molecule has 39 heavy (non-hydrogen) atoms. The molecule has 2 aliphatic rings. The number of alkyl carbamates (subject to hydrolysis) is 1. The molecule has 1 aromatic carbocycles. The molecule has 5 atom stereocenters. The van der Waals surface area contributed by atoms with Crippen LogP contribution in [0.15, 0.2) is 36.7 Å². The summed E-state index contributed by atoms with van der Waals surface area (Å²) >= 11 is 0. The van der Waals surface area contributed by atoms with E-state index in [0.717, 1.165) is 53.5 Å². The number of rotatable bonds is 7. The highest BCUT2D eigenvalue weighted by molar-refractivity contribution is 5.86. The maximum Gasteiger partial charge on any atom is 0.407 e. The van der Waals surface area contributed by atoms with Gasteiger partial charge in [0.15, 0.2) is 0 Å². The zero-order chi connectivity index (χ0) is 27.7. The van der Waals surface area contributed by atoms with Crippen LogP contribution in [0.2, 0.25) is 0 Å². The SMILES string of the molecule is COC(=O)N[C@H](C(=O)N1C[C@@H](C)C[C@H]1c1ncc(-c2ccc(-c3cnc([C@@H]4C[C@H](C)CN4)[nH]3)cc2)[nH]1)C(C)C. The Morgan fingerprint density at radius 3 is 2.15 bits per heavy atom. The smallest absolute Gasteiger partial charge is 0.407 e. The molecule has 2 amide bonds. The number of aromatic amines is 2. The highest BCUT2D eigenvalue weighted by atomic mass is 16.5. The van der Waals surface area contributed by atoms with Crippen molar-refractivity contribution in [3.8, 4) is 22.5 Å². The molecular weight excluding hydrogens is 494 g/mol. The van der Waals surface area contributed by atoms with Gasteiger partial charge in [-0.3, -0.25) is 4.79 Å². The Morgan fingerprint density at radius 2 is 1.59 bits per heavy atom. The molecule has 0 bridgehead atoms. The van der Waals surface area contributed by atoms with Crippen molar-refractivity contribution in [2.45, 2.75) is 58.7 Å². The van der Waals surface area contributed by atoms with Gasteiger partial charge in [0.2, 0.25) is 5.91 Å². The fourth-order valence-corrected chi connectivity index (χ4v) is 5.69. The Hall–Kier alpha value is -3.66. The lowest BCUT2D eigenvalue weighted by Crippen LogP contribution is -2.51. The van der Waals surface area contributed by atoms with E-state index in [1.165, 1.54) is 7.11 Å². The topological polar surface area (TPSA) is 128 Å². The largest absolute Gasteiger partial charge is 0.453 e. The maximum absolute atomic E-state index is 13.5. The van der Waals surface area contributed by atoms with Gasteiger partial charge >= 0.3 is 6.09 Å². The molecule has 0 unspecified atom stereocenters. The van der Waals surface area contributed by atoms with Crippen LogP contribution in [0.1, 0.15) is 64.3 Å². The Morgan fingerprint density at radius 1 is 0.974 bits per heavy atom. The molecule has 0 radical (unpaired) electrons. The van der Waals surface area contributed by atoms with Gasteiger partial charge in [0.25, 0.3) is 0 Å². The molecule has 2 aromatic heterocycles. The summed E-state index contributed by atoms with van der Waals surface area (Å²) in [5, 5.41) is 6.23. The number of benzene rings is 1. The number of nitrogens with one attached hydrogen (secondary N) is 4. The van der Waals surface area contributed by atoms with Crippen molar-refractivity contribution in [2.75, 3.05) is 20.2 Å². The van der Waals surface area contributed by atoms with E-state index in [-0.39, 0.29) is 23.9 Å². The van der Waals surface area contributed by atoms with E-state index < -0.39 is 12.1 Å². The predicted octanol–water partition coefficient (Wildman–Crippen LogP) is 4.43.